The Bertz CT molecular complexity index is 227. The van der Waals surface area contributed by atoms with Crippen LogP contribution in [-0.2, 0) is 0 Å². The Kier molecular flexibility index (Phi) is 6.13. The number of hydrogen-bond donors (Lipinski definition) is 1. The topological polar surface area (TPSA) is 15.3 Å². The van der Waals surface area contributed by atoms with Gasteiger partial charge in [-0.1, -0.05) is 34.6 Å². The van der Waals surface area contributed by atoms with Gasteiger partial charge in [0, 0.05) is 13.1 Å². The molecule has 0 bridgehead atoms. The van der Waals surface area contributed by atoms with Crippen LogP contribution in [0.25, 0.3) is 0 Å². The van der Waals surface area contributed by atoms with Gasteiger partial charge in [0.2, 0.25) is 0 Å². The minimum Gasteiger partial charge on any atom is -0.316 e. The lowest BCUT2D eigenvalue weighted by Crippen LogP contribution is -2.46. The van der Waals surface area contributed by atoms with E-state index in [1.165, 1.54) is 45.3 Å². The number of nitrogens with one attached hydrogen (secondary N) is 1. The average molecular weight is 254 g/mol. The molecule has 1 atom stereocenters. The molecule has 2 nitrogen and oxygen atoms in total. The minimum atomic E-state index is 0.441. The standard InChI is InChI=1S/C16H34N2/c1-6-10-17-13-16(5,7-2)14-18-11-8-15(3,4)9-12-18/h17H,6-14H2,1-5H3. The molecule has 0 radical (unpaired) electrons. The lowest BCUT2D eigenvalue weighted by Gasteiger charge is -2.41. The van der Waals surface area contributed by atoms with E-state index in [-0.39, 0.29) is 0 Å². The van der Waals surface area contributed by atoms with Crippen LogP contribution in [0, 0.1) is 10.8 Å². The Morgan fingerprint density at radius 1 is 1.17 bits per heavy atom. The van der Waals surface area contributed by atoms with E-state index in [0.717, 1.165) is 13.1 Å². The van der Waals surface area contributed by atoms with Crippen molar-refractivity contribution in [1.29, 1.82) is 0 Å². The van der Waals surface area contributed by atoms with Crippen LogP contribution in [0.1, 0.15) is 60.3 Å². The highest BCUT2D eigenvalue weighted by Crippen LogP contribution is 2.32. The molecule has 18 heavy (non-hydrogen) atoms. The zero-order valence-electron chi connectivity index (χ0n) is 13.3. The summed E-state index contributed by atoms with van der Waals surface area (Å²) in [6.45, 7) is 18.0. The SMILES string of the molecule is CCCNCC(C)(CC)CN1CCC(C)(C)CC1. The molecule has 0 aromatic rings. The summed E-state index contributed by atoms with van der Waals surface area (Å²) in [4.78, 5) is 2.68. The zero-order chi connectivity index (χ0) is 13.6. The molecule has 1 N–H and O–H groups in total. The quantitative estimate of drug-likeness (QED) is 0.699. The van der Waals surface area contributed by atoms with Gasteiger partial charge in [0.15, 0.2) is 0 Å². The van der Waals surface area contributed by atoms with E-state index in [9.17, 15) is 0 Å². The smallest absolute Gasteiger partial charge is 0.00474 e. The molecule has 1 unspecified atom stereocenters. The van der Waals surface area contributed by atoms with E-state index < -0.39 is 0 Å². The fourth-order valence-electron chi connectivity index (χ4n) is 2.72. The second-order valence-electron chi connectivity index (χ2n) is 7.28. The van der Waals surface area contributed by atoms with Crippen LogP contribution >= 0.6 is 0 Å². The predicted octanol–water partition coefficient (Wildman–Crippen LogP) is 3.52. The van der Waals surface area contributed by atoms with Gasteiger partial charge in [-0.25, -0.2) is 0 Å². The summed E-state index contributed by atoms with van der Waals surface area (Å²) in [6.07, 6.45) is 5.21. The normalized spacial score (nSPS) is 23.8. The van der Waals surface area contributed by atoms with Crippen molar-refractivity contribution in [3.63, 3.8) is 0 Å². The van der Waals surface area contributed by atoms with Crippen molar-refractivity contribution in [2.45, 2.75) is 60.3 Å². The van der Waals surface area contributed by atoms with E-state index in [1.807, 2.05) is 0 Å². The third kappa shape index (κ3) is 5.27. The third-order valence-electron chi connectivity index (χ3n) is 4.65. The molecule has 0 aliphatic carbocycles. The molecule has 1 heterocycles. The van der Waals surface area contributed by atoms with Gasteiger partial charge in [-0.15, -0.1) is 0 Å². The maximum atomic E-state index is 3.61. The van der Waals surface area contributed by atoms with Crippen LogP contribution in [-0.4, -0.2) is 37.6 Å². The summed E-state index contributed by atoms with van der Waals surface area (Å²) < 4.78 is 0. The Morgan fingerprint density at radius 2 is 1.78 bits per heavy atom. The van der Waals surface area contributed by atoms with Crippen LogP contribution in [0.15, 0.2) is 0 Å². The van der Waals surface area contributed by atoms with E-state index in [4.69, 9.17) is 0 Å². The van der Waals surface area contributed by atoms with E-state index in [1.54, 1.807) is 0 Å². The molecule has 0 aromatic heterocycles. The van der Waals surface area contributed by atoms with Crippen LogP contribution in [0.5, 0.6) is 0 Å². The molecule has 0 spiro atoms. The Hall–Kier alpha value is -0.0800. The van der Waals surface area contributed by atoms with Crippen LogP contribution in [0.4, 0.5) is 0 Å². The summed E-state index contributed by atoms with van der Waals surface area (Å²) >= 11 is 0. The third-order valence-corrected chi connectivity index (χ3v) is 4.65. The van der Waals surface area contributed by atoms with Crippen LogP contribution in [0.3, 0.4) is 0 Å². The van der Waals surface area contributed by atoms with Gasteiger partial charge in [-0.2, -0.15) is 0 Å². The molecule has 1 rings (SSSR count). The molecule has 1 aliphatic rings. The summed E-state index contributed by atoms with van der Waals surface area (Å²) in [5, 5.41) is 3.61. The van der Waals surface area contributed by atoms with Crippen molar-refractivity contribution in [2.75, 3.05) is 32.7 Å². The monoisotopic (exact) mass is 254 g/mol. The molecule has 1 saturated heterocycles. The largest absolute Gasteiger partial charge is 0.316 e. The Balaban J connectivity index is 2.38. The lowest BCUT2D eigenvalue weighted by molar-refractivity contribution is 0.0860. The van der Waals surface area contributed by atoms with Gasteiger partial charge in [0.05, 0.1) is 0 Å². The van der Waals surface area contributed by atoms with Crippen molar-refractivity contribution in [3.05, 3.63) is 0 Å². The fourth-order valence-corrected chi connectivity index (χ4v) is 2.72. The van der Waals surface area contributed by atoms with Crippen molar-refractivity contribution >= 4 is 0 Å². The maximum absolute atomic E-state index is 3.61. The second kappa shape index (κ2) is 6.91. The molecule has 0 aromatic carbocycles. The molecule has 0 saturated carbocycles. The minimum absolute atomic E-state index is 0.441. The van der Waals surface area contributed by atoms with Crippen molar-refractivity contribution in [2.24, 2.45) is 10.8 Å². The first kappa shape index (κ1) is 16.0. The molecular weight excluding hydrogens is 220 g/mol. The Morgan fingerprint density at radius 3 is 2.28 bits per heavy atom. The van der Waals surface area contributed by atoms with E-state index >= 15 is 0 Å². The molecule has 1 fully saturated rings. The number of likely N-dealkylation sites (tertiary alicyclic amines) is 1. The maximum Gasteiger partial charge on any atom is 0.00474 e. The summed E-state index contributed by atoms with van der Waals surface area (Å²) in [5.74, 6) is 0. The summed E-state index contributed by atoms with van der Waals surface area (Å²) in [7, 11) is 0. The lowest BCUT2D eigenvalue weighted by atomic mass is 9.80. The number of hydrogen-bond acceptors (Lipinski definition) is 2. The van der Waals surface area contributed by atoms with Crippen molar-refractivity contribution in [1.82, 2.24) is 10.2 Å². The number of nitrogens with zero attached hydrogens (tertiary/aromatic N) is 1. The van der Waals surface area contributed by atoms with Crippen LogP contribution < -0.4 is 5.32 Å². The first-order chi connectivity index (χ1) is 8.41. The van der Waals surface area contributed by atoms with Crippen molar-refractivity contribution in [3.8, 4) is 0 Å². The molecule has 1 aliphatic heterocycles. The zero-order valence-corrected chi connectivity index (χ0v) is 13.3. The molecule has 108 valence electrons. The van der Waals surface area contributed by atoms with Gasteiger partial charge in [-0.3, -0.25) is 0 Å². The van der Waals surface area contributed by atoms with Gasteiger partial charge in [-0.05, 0) is 56.1 Å². The first-order valence-corrected chi connectivity index (χ1v) is 7.84. The van der Waals surface area contributed by atoms with Gasteiger partial charge in [0.25, 0.3) is 0 Å². The predicted molar refractivity (Wildman–Crippen MR) is 81.0 cm³/mol. The molecule has 2 heteroatoms. The van der Waals surface area contributed by atoms with Gasteiger partial charge >= 0.3 is 0 Å². The number of rotatable bonds is 7. The van der Waals surface area contributed by atoms with Crippen molar-refractivity contribution < 1.29 is 0 Å². The second-order valence-corrected chi connectivity index (χ2v) is 7.28. The summed E-state index contributed by atoms with van der Waals surface area (Å²) in [5.41, 5.74) is 1.01. The van der Waals surface area contributed by atoms with Crippen LogP contribution in [0.2, 0.25) is 0 Å². The average Bonchev–Trinajstić information content (AvgIpc) is 2.32. The Labute approximate surface area is 115 Å². The molecular formula is C16H34N2. The highest BCUT2D eigenvalue weighted by atomic mass is 15.1. The fraction of sp³-hybridized carbons (Fsp3) is 1.00. The van der Waals surface area contributed by atoms with E-state index in [2.05, 4.69) is 44.8 Å². The van der Waals surface area contributed by atoms with Gasteiger partial charge in [0.1, 0.15) is 0 Å². The first-order valence-electron chi connectivity index (χ1n) is 7.84. The molecule has 0 amide bonds. The number of piperidine rings is 1. The van der Waals surface area contributed by atoms with E-state index in [0.29, 0.717) is 10.8 Å². The summed E-state index contributed by atoms with van der Waals surface area (Å²) in [6, 6.07) is 0. The van der Waals surface area contributed by atoms with Gasteiger partial charge < -0.3 is 10.2 Å². The highest BCUT2D eigenvalue weighted by molar-refractivity contribution is 4.84. The highest BCUT2D eigenvalue weighted by Gasteiger charge is 2.30.